The fourth-order valence-corrected chi connectivity index (χ4v) is 2.76. The van der Waals surface area contributed by atoms with Gasteiger partial charge in [0.05, 0.1) is 24.0 Å². The molecule has 1 aromatic carbocycles. The molecular weight excluding hydrogens is 322 g/mol. The molecule has 1 heterocycles. The van der Waals surface area contributed by atoms with Gasteiger partial charge in [0.2, 0.25) is 5.28 Å². The minimum absolute atomic E-state index is 0.374. The number of nitrogens with zero attached hydrogens (tertiary/aromatic N) is 3. The van der Waals surface area contributed by atoms with Gasteiger partial charge in [-0.2, -0.15) is 0 Å². The average molecular weight is 349 g/mol. The van der Waals surface area contributed by atoms with Crippen LogP contribution in [0, 0.1) is 11.1 Å². The second-order valence-electron chi connectivity index (χ2n) is 6.77. The zero-order valence-corrected chi connectivity index (χ0v) is 15.2. The maximum Gasteiger partial charge on any atom is 0.316 e. The maximum atomic E-state index is 12.1. The van der Waals surface area contributed by atoms with Gasteiger partial charge in [-0.25, -0.2) is 0 Å². The van der Waals surface area contributed by atoms with Crippen molar-refractivity contribution in [1.82, 2.24) is 5.01 Å². The molecule has 1 aromatic rings. The smallest absolute Gasteiger partial charge is 0.316 e. The number of hydrogen-bond acceptors (Lipinski definition) is 5. The first-order chi connectivity index (χ1) is 12.0. The third kappa shape index (κ3) is 5.92. The Labute approximate surface area is 148 Å². The summed E-state index contributed by atoms with van der Waals surface area (Å²) in [7, 11) is 0. The number of carbonyl (C=O) groups excluding carboxylic acids is 1. The van der Waals surface area contributed by atoms with E-state index in [1.54, 1.807) is 6.92 Å². The Balaban J connectivity index is 1.76. The zero-order valence-electron chi connectivity index (χ0n) is 15.2. The van der Waals surface area contributed by atoms with Gasteiger partial charge in [-0.15, -0.1) is 5.01 Å². The van der Waals surface area contributed by atoms with E-state index >= 15 is 0 Å². The summed E-state index contributed by atoms with van der Waals surface area (Å²) >= 11 is 0. The van der Waals surface area contributed by atoms with Crippen molar-refractivity contribution < 1.29 is 19.3 Å². The van der Waals surface area contributed by atoms with Crippen molar-refractivity contribution in [1.29, 1.82) is 0 Å². The lowest BCUT2D eigenvalue weighted by Crippen LogP contribution is -2.27. The predicted octanol–water partition coefficient (Wildman–Crippen LogP) is 3.39. The summed E-state index contributed by atoms with van der Waals surface area (Å²) in [4.78, 5) is 17.3. The average Bonchev–Trinajstić information content (AvgIpc) is 3.12. The number of esters is 1. The molecular formula is C18H27N3O4. The topological polar surface area (TPSA) is 77.2 Å². The minimum atomic E-state index is -0.412. The Bertz CT molecular complexity index is 580. The standard InChI is InChI=1S/C18H27N3O4/c1-14(2)12-16-6-8-17(9-7-16)15(3)18(22)24-13-25-19-21(23)20-10-4-5-11-20/h6-9,14-15H,4-5,10-13H2,1-3H3/b21-19-. The predicted molar refractivity (Wildman–Crippen MR) is 92.3 cm³/mol. The number of ether oxygens (including phenoxy) is 1. The Morgan fingerprint density at radius 1 is 1.24 bits per heavy atom. The molecule has 0 radical (unpaired) electrons. The molecule has 2 rings (SSSR count). The first-order valence-corrected chi connectivity index (χ1v) is 8.78. The third-order valence-corrected chi connectivity index (χ3v) is 4.18. The van der Waals surface area contributed by atoms with E-state index in [9.17, 15) is 10.0 Å². The van der Waals surface area contributed by atoms with Crippen LogP contribution in [0.1, 0.15) is 50.7 Å². The van der Waals surface area contributed by atoms with Crippen LogP contribution in [0.4, 0.5) is 0 Å². The molecule has 0 spiro atoms. The van der Waals surface area contributed by atoms with E-state index in [0.717, 1.165) is 24.8 Å². The highest BCUT2D eigenvalue weighted by Crippen LogP contribution is 2.19. The number of hydrazine groups is 1. The van der Waals surface area contributed by atoms with Crippen LogP contribution in [0.2, 0.25) is 0 Å². The third-order valence-electron chi connectivity index (χ3n) is 4.18. The fraction of sp³-hybridized carbons (Fsp3) is 0.611. The first-order valence-electron chi connectivity index (χ1n) is 8.78. The van der Waals surface area contributed by atoms with E-state index in [2.05, 4.69) is 19.1 Å². The van der Waals surface area contributed by atoms with E-state index in [4.69, 9.17) is 9.57 Å². The van der Waals surface area contributed by atoms with Crippen molar-refractivity contribution in [3.05, 3.63) is 40.6 Å². The summed E-state index contributed by atoms with van der Waals surface area (Å²) in [6.07, 6.45) is 2.95. The summed E-state index contributed by atoms with van der Waals surface area (Å²) in [5.41, 5.74) is 2.14. The van der Waals surface area contributed by atoms with Crippen molar-refractivity contribution in [2.45, 2.75) is 46.0 Å². The second kappa shape index (κ2) is 9.25. The minimum Gasteiger partial charge on any atom is -0.569 e. The van der Waals surface area contributed by atoms with Gasteiger partial charge in [-0.05, 0) is 43.2 Å². The highest BCUT2D eigenvalue weighted by atomic mass is 16.8. The van der Waals surface area contributed by atoms with Gasteiger partial charge < -0.3 is 14.8 Å². The Morgan fingerprint density at radius 3 is 2.48 bits per heavy atom. The molecule has 1 aliphatic heterocycles. The summed E-state index contributed by atoms with van der Waals surface area (Å²) < 4.78 is 5.03. The molecule has 0 aliphatic carbocycles. The Hall–Kier alpha value is -2.31. The summed E-state index contributed by atoms with van der Waals surface area (Å²) in [6.45, 7) is 7.08. The number of carbonyl (C=O) groups is 1. The van der Waals surface area contributed by atoms with Gasteiger partial charge in [-0.3, -0.25) is 4.79 Å². The molecule has 0 amide bonds. The van der Waals surface area contributed by atoms with Crippen LogP contribution < -0.4 is 0 Å². The van der Waals surface area contributed by atoms with E-state index in [0.29, 0.717) is 24.0 Å². The van der Waals surface area contributed by atoms with Crippen LogP contribution in [0.5, 0.6) is 0 Å². The van der Waals surface area contributed by atoms with Crippen molar-refractivity contribution in [2.75, 3.05) is 19.9 Å². The molecule has 1 fully saturated rings. The molecule has 138 valence electrons. The molecule has 0 N–H and O–H groups in total. The molecule has 0 bridgehead atoms. The van der Waals surface area contributed by atoms with E-state index in [-0.39, 0.29) is 6.79 Å². The van der Waals surface area contributed by atoms with Gasteiger partial charge in [0.25, 0.3) is 6.79 Å². The number of rotatable bonds is 8. The van der Waals surface area contributed by atoms with Crippen LogP contribution in [-0.4, -0.2) is 35.8 Å². The first kappa shape index (κ1) is 19.0. The maximum absolute atomic E-state index is 12.1. The molecule has 1 saturated heterocycles. The quantitative estimate of drug-likeness (QED) is 0.179. The normalized spacial score (nSPS) is 16.2. The molecule has 25 heavy (non-hydrogen) atoms. The monoisotopic (exact) mass is 349 g/mol. The lowest BCUT2D eigenvalue weighted by Gasteiger charge is -2.12. The van der Waals surface area contributed by atoms with E-state index < -0.39 is 11.9 Å². The van der Waals surface area contributed by atoms with Gasteiger partial charge in [0.1, 0.15) is 0 Å². The van der Waals surface area contributed by atoms with Crippen LogP contribution in [0.25, 0.3) is 0 Å². The van der Waals surface area contributed by atoms with E-state index in [1.807, 2.05) is 24.3 Å². The SMILES string of the molecule is CC(C)Cc1ccc(C(C)C(=O)OCO/N=[N+](\[O-])N2CCCC2)cc1. The lowest BCUT2D eigenvalue weighted by molar-refractivity contribution is -0.708. The van der Waals surface area contributed by atoms with Crippen LogP contribution >= 0.6 is 0 Å². The Morgan fingerprint density at radius 2 is 1.88 bits per heavy atom. The van der Waals surface area contributed by atoms with E-state index in [1.165, 1.54) is 10.6 Å². The molecule has 1 atom stereocenters. The van der Waals surface area contributed by atoms with Crippen LogP contribution in [0.15, 0.2) is 29.5 Å². The molecule has 1 unspecified atom stereocenters. The lowest BCUT2D eigenvalue weighted by atomic mass is 9.97. The highest BCUT2D eigenvalue weighted by Gasteiger charge is 2.19. The van der Waals surface area contributed by atoms with Crippen LogP contribution in [0.3, 0.4) is 0 Å². The summed E-state index contributed by atoms with van der Waals surface area (Å²) in [5, 5.41) is 16.5. The molecule has 7 nitrogen and oxygen atoms in total. The fourth-order valence-electron chi connectivity index (χ4n) is 2.76. The molecule has 0 saturated carbocycles. The van der Waals surface area contributed by atoms with Crippen LogP contribution in [-0.2, 0) is 20.8 Å². The van der Waals surface area contributed by atoms with Crippen molar-refractivity contribution in [3.8, 4) is 0 Å². The highest BCUT2D eigenvalue weighted by molar-refractivity contribution is 5.77. The van der Waals surface area contributed by atoms with Gasteiger partial charge in [0.15, 0.2) is 0 Å². The van der Waals surface area contributed by atoms with Crippen molar-refractivity contribution in [3.63, 3.8) is 0 Å². The van der Waals surface area contributed by atoms with Gasteiger partial charge in [0, 0.05) is 0 Å². The largest absolute Gasteiger partial charge is 0.569 e. The number of hydrogen-bond donors (Lipinski definition) is 0. The van der Waals surface area contributed by atoms with Gasteiger partial charge in [-0.1, -0.05) is 38.1 Å². The zero-order chi connectivity index (χ0) is 18.2. The second-order valence-corrected chi connectivity index (χ2v) is 6.77. The Kier molecular flexibility index (Phi) is 7.03. The summed E-state index contributed by atoms with van der Waals surface area (Å²) in [5.74, 6) is -0.223. The molecule has 7 heteroatoms. The summed E-state index contributed by atoms with van der Waals surface area (Å²) in [6, 6.07) is 7.97. The molecule has 0 aromatic heterocycles. The van der Waals surface area contributed by atoms with Crippen molar-refractivity contribution >= 4 is 5.97 Å². The van der Waals surface area contributed by atoms with Gasteiger partial charge >= 0.3 is 5.97 Å². The number of benzene rings is 1. The van der Waals surface area contributed by atoms with Crippen molar-refractivity contribution in [2.24, 2.45) is 11.2 Å². The molecule has 1 aliphatic rings.